The maximum Gasteiger partial charge on any atom is 0.242 e. The number of aliphatic hydroxyl groups excluding tert-OH is 1. The van der Waals surface area contributed by atoms with E-state index in [0.29, 0.717) is 23.9 Å². The largest absolute Gasteiger partial charge is 0.479 e. The number of anilines is 2. The van der Waals surface area contributed by atoms with Crippen molar-refractivity contribution in [2.24, 2.45) is 5.92 Å². The van der Waals surface area contributed by atoms with Gasteiger partial charge in [0.2, 0.25) is 5.88 Å². The Hall–Kier alpha value is -1.56. The number of aliphatic hydroxyl groups is 1. The smallest absolute Gasteiger partial charge is 0.242 e. The van der Waals surface area contributed by atoms with Crippen molar-refractivity contribution < 1.29 is 9.84 Å². The summed E-state index contributed by atoms with van der Waals surface area (Å²) >= 11 is 0. The van der Waals surface area contributed by atoms with Crippen molar-refractivity contribution >= 4 is 11.5 Å². The van der Waals surface area contributed by atoms with Crippen molar-refractivity contribution in [3.05, 3.63) is 6.33 Å². The van der Waals surface area contributed by atoms with Crippen LogP contribution < -0.4 is 15.8 Å². The maximum atomic E-state index is 10.0. The highest BCUT2D eigenvalue weighted by molar-refractivity contribution is 5.66. The molecule has 0 fully saturated rings. The third-order valence-electron chi connectivity index (χ3n) is 3.11. The number of nitrogens with two attached hydrogens (primary N) is 1. The molecule has 6 heteroatoms. The van der Waals surface area contributed by atoms with E-state index in [1.807, 2.05) is 0 Å². The van der Waals surface area contributed by atoms with Crippen molar-refractivity contribution in [1.29, 1.82) is 0 Å². The summed E-state index contributed by atoms with van der Waals surface area (Å²) < 4.78 is 5.00. The third kappa shape index (κ3) is 3.46. The Bertz CT molecular complexity index is 369. The molecule has 0 saturated carbocycles. The molecule has 1 heterocycles. The molecule has 1 rings (SSSR count). The van der Waals surface area contributed by atoms with Crippen LogP contribution in [0.1, 0.15) is 26.7 Å². The van der Waals surface area contributed by atoms with E-state index in [2.05, 4.69) is 29.1 Å². The van der Waals surface area contributed by atoms with Gasteiger partial charge in [0.1, 0.15) is 12.0 Å². The van der Waals surface area contributed by atoms with Crippen LogP contribution >= 0.6 is 0 Å². The van der Waals surface area contributed by atoms with E-state index in [-0.39, 0.29) is 5.92 Å². The van der Waals surface area contributed by atoms with Gasteiger partial charge in [0, 0.05) is 6.54 Å². The summed E-state index contributed by atoms with van der Waals surface area (Å²) in [6.45, 7) is 4.55. The molecule has 0 saturated heterocycles. The molecular weight excluding hydrogens is 232 g/mol. The Morgan fingerprint density at radius 2 is 2.06 bits per heavy atom. The van der Waals surface area contributed by atoms with Crippen molar-refractivity contribution in [3.8, 4) is 5.88 Å². The van der Waals surface area contributed by atoms with Gasteiger partial charge in [0.05, 0.1) is 13.2 Å². The Kier molecular flexibility index (Phi) is 5.64. The molecule has 0 amide bonds. The molecule has 0 radical (unpaired) electrons. The van der Waals surface area contributed by atoms with Crippen LogP contribution in [0, 0.1) is 5.92 Å². The van der Waals surface area contributed by atoms with Crippen LogP contribution in [-0.2, 0) is 0 Å². The van der Waals surface area contributed by atoms with Crippen LogP contribution in [0.3, 0.4) is 0 Å². The number of rotatable bonds is 7. The Balaban J connectivity index is 2.63. The average Bonchev–Trinajstić information content (AvgIpc) is 2.39. The van der Waals surface area contributed by atoms with Gasteiger partial charge >= 0.3 is 0 Å². The van der Waals surface area contributed by atoms with E-state index >= 15 is 0 Å². The van der Waals surface area contributed by atoms with E-state index < -0.39 is 6.10 Å². The number of ether oxygens (including phenoxy) is 1. The molecule has 6 nitrogen and oxygen atoms in total. The van der Waals surface area contributed by atoms with E-state index in [0.717, 1.165) is 12.8 Å². The Morgan fingerprint density at radius 1 is 1.39 bits per heavy atom. The number of aromatic nitrogens is 2. The summed E-state index contributed by atoms with van der Waals surface area (Å²) in [5.41, 5.74) is 6.19. The fourth-order valence-corrected chi connectivity index (χ4v) is 1.88. The van der Waals surface area contributed by atoms with Crippen LogP contribution in [0.25, 0.3) is 0 Å². The topological polar surface area (TPSA) is 93.3 Å². The van der Waals surface area contributed by atoms with Gasteiger partial charge in [-0.15, -0.1) is 0 Å². The number of methoxy groups -OCH3 is 1. The van der Waals surface area contributed by atoms with Gasteiger partial charge in [0.15, 0.2) is 5.82 Å². The van der Waals surface area contributed by atoms with Crippen molar-refractivity contribution in [3.63, 3.8) is 0 Å². The minimum atomic E-state index is -0.416. The van der Waals surface area contributed by atoms with Crippen molar-refractivity contribution in [2.75, 3.05) is 24.7 Å². The van der Waals surface area contributed by atoms with Gasteiger partial charge in [-0.2, -0.15) is 4.98 Å². The predicted molar refractivity (Wildman–Crippen MR) is 71.6 cm³/mol. The zero-order chi connectivity index (χ0) is 13.5. The first-order valence-corrected chi connectivity index (χ1v) is 6.20. The lowest BCUT2D eigenvalue weighted by atomic mass is 9.96. The fourth-order valence-electron chi connectivity index (χ4n) is 1.88. The molecule has 1 unspecified atom stereocenters. The van der Waals surface area contributed by atoms with Crippen molar-refractivity contribution in [2.45, 2.75) is 32.8 Å². The van der Waals surface area contributed by atoms with Crippen molar-refractivity contribution in [1.82, 2.24) is 9.97 Å². The quantitative estimate of drug-likeness (QED) is 0.678. The van der Waals surface area contributed by atoms with Crippen LogP contribution in [0.4, 0.5) is 11.5 Å². The monoisotopic (exact) mass is 254 g/mol. The molecule has 0 aliphatic heterocycles. The van der Waals surface area contributed by atoms with E-state index in [9.17, 15) is 5.11 Å². The minimum absolute atomic E-state index is 0.280. The summed E-state index contributed by atoms with van der Waals surface area (Å²) in [6.07, 6.45) is 2.85. The van der Waals surface area contributed by atoms with Gasteiger partial charge in [-0.05, 0) is 5.92 Å². The van der Waals surface area contributed by atoms with Crippen LogP contribution in [-0.4, -0.2) is 34.8 Å². The zero-order valence-electron chi connectivity index (χ0n) is 11.2. The zero-order valence-corrected chi connectivity index (χ0v) is 11.2. The molecule has 1 aromatic rings. The number of hydrogen-bond donors (Lipinski definition) is 3. The molecule has 0 aliphatic rings. The second-order valence-electron chi connectivity index (χ2n) is 4.17. The second kappa shape index (κ2) is 7.00. The summed E-state index contributed by atoms with van der Waals surface area (Å²) in [5, 5.41) is 13.0. The Morgan fingerprint density at radius 3 is 2.61 bits per heavy atom. The molecule has 102 valence electrons. The number of hydrogen-bond acceptors (Lipinski definition) is 6. The molecule has 0 bridgehead atoms. The highest BCUT2D eigenvalue weighted by Crippen LogP contribution is 2.24. The lowest BCUT2D eigenvalue weighted by molar-refractivity contribution is 0.114. The molecule has 0 aliphatic carbocycles. The van der Waals surface area contributed by atoms with Gasteiger partial charge in [0.25, 0.3) is 0 Å². The highest BCUT2D eigenvalue weighted by atomic mass is 16.5. The Labute approximate surface area is 108 Å². The molecule has 18 heavy (non-hydrogen) atoms. The lowest BCUT2D eigenvalue weighted by Gasteiger charge is -2.21. The summed E-state index contributed by atoms with van der Waals surface area (Å²) in [5.74, 6) is 1.11. The van der Waals surface area contributed by atoms with Crippen LogP contribution in [0.2, 0.25) is 0 Å². The molecular formula is C12H22N4O2. The third-order valence-corrected chi connectivity index (χ3v) is 3.11. The highest BCUT2D eigenvalue weighted by Gasteiger charge is 2.16. The average molecular weight is 254 g/mol. The van der Waals surface area contributed by atoms with Gasteiger partial charge in [-0.1, -0.05) is 26.7 Å². The van der Waals surface area contributed by atoms with Gasteiger partial charge in [-0.3, -0.25) is 0 Å². The summed E-state index contributed by atoms with van der Waals surface area (Å²) in [4.78, 5) is 7.92. The number of nitrogen functional groups attached to an aromatic ring is 1. The van der Waals surface area contributed by atoms with E-state index in [1.165, 1.54) is 13.4 Å². The first-order chi connectivity index (χ1) is 8.63. The summed E-state index contributed by atoms with van der Waals surface area (Å²) in [6, 6.07) is 0. The standard InChI is InChI=1S/C12H22N4O2/c1-4-8(5-2)9(17)6-14-11-10(13)12(18-3)16-7-15-11/h7-9,17H,4-6,13H2,1-3H3,(H,14,15,16). The molecule has 4 N–H and O–H groups in total. The molecule has 1 aromatic heterocycles. The van der Waals surface area contributed by atoms with E-state index in [1.54, 1.807) is 0 Å². The molecule has 0 aromatic carbocycles. The second-order valence-corrected chi connectivity index (χ2v) is 4.17. The van der Waals surface area contributed by atoms with Gasteiger partial charge in [-0.25, -0.2) is 4.98 Å². The minimum Gasteiger partial charge on any atom is -0.479 e. The predicted octanol–water partition coefficient (Wildman–Crippen LogP) is 1.28. The first kappa shape index (κ1) is 14.5. The van der Waals surface area contributed by atoms with E-state index in [4.69, 9.17) is 10.5 Å². The van der Waals surface area contributed by atoms with Gasteiger partial charge < -0.3 is 20.9 Å². The van der Waals surface area contributed by atoms with Crippen LogP contribution in [0.5, 0.6) is 5.88 Å². The molecule has 1 atom stereocenters. The number of nitrogens with zero attached hydrogens (tertiary/aromatic N) is 2. The molecule has 0 spiro atoms. The summed E-state index contributed by atoms with van der Waals surface area (Å²) in [7, 11) is 1.50. The number of nitrogens with one attached hydrogen (secondary N) is 1. The lowest BCUT2D eigenvalue weighted by Crippen LogP contribution is -2.28. The fraction of sp³-hybridized carbons (Fsp3) is 0.667. The normalized spacial score (nSPS) is 12.5. The maximum absolute atomic E-state index is 10.0. The SMILES string of the molecule is CCC(CC)C(O)CNc1ncnc(OC)c1N. The first-order valence-electron chi connectivity index (χ1n) is 6.20. The van der Waals surface area contributed by atoms with Crippen LogP contribution in [0.15, 0.2) is 6.33 Å².